The van der Waals surface area contributed by atoms with Crippen LogP contribution in [0.1, 0.15) is 53.2 Å². The van der Waals surface area contributed by atoms with Crippen molar-refractivity contribution in [2.45, 2.75) is 38.3 Å². The van der Waals surface area contributed by atoms with E-state index in [1.54, 1.807) is 22.8 Å². The number of carbonyl (C=O) groups is 1. The van der Waals surface area contributed by atoms with E-state index in [1.807, 2.05) is 18.3 Å². The highest BCUT2D eigenvalue weighted by atomic mass is 19.1. The molecule has 2 N–H and O–H groups in total. The van der Waals surface area contributed by atoms with Gasteiger partial charge < -0.3 is 15.0 Å². The molecule has 186 valence electrons. The number of nitrogens with zero attached hydrogens (tertiary/aromatic N) is 2. The Kier molecular flexibility index (Phi) is 7.33. The first-order chi connectivity index (χ1) is 17.6. The van der Waals surface area contributed by atoms with Gasteiger partial charge in [0, 0.05) is 41.7 Å². The molecule has 0 radical (unpaired) electrons. The normalized spacial score (nSPS) is 16.3. The van der Waals surface area contributed by atoms with Crippen LogP contribution < -0.4 is 5.32 Å². The highest BCUT2D eigenvalue weighted by Crippen LogP contribution is 2.31. The van der Waals surface area contributed by atoms with E-state index in [-0.39, 0.29) is 17.6 Å². The zero-order valence-corrected chi connectivity index (χ0v) is 20.4. The SMILES string of the molecule is O=C(NCCCN1CCCCC1c1ccccc1)c1ccc2cn(Cc3cccc(F)c3)c(O)c2c1. The van der Waals surface area contributed by atoms with Gasteiger partial charge in [0.05, 0.1) is 6.54 Å². The van der Waals surface area contributed by atoms with Gasteiger partial charge in [-0.15, -0.1) is 0 Å². The second-order valence-corrected chi connectivity index (χ2v) is 9.58. The highest BCUT2D eigenvalue weighted by molar-refractivity contribution is 6.00. The predicted molar refractivity (Wildman–Crippen MR) is 141 cm³/mol. The number of rotatable bonds is 8. The molecule has 1 atom stereocenters. The summed E-state index contributed by atoms with van der Waals surface area (Å²) in [7, 11) is 0. The number of aromatic hydroxyl groups is 1. The number of amides is 1. The zero-order chi connectivity index (χ0) is 24.9. The molecule has 1 aromatic heterocycles. The number of aromatic nitrogens is 1. The van der Waals surface area contributed by atoms with Gasteiger partial charge in [0.2, 0.25) is 0 Å². The van der Waals surface area contributed by atoms with Crippen molar-refractivity contribution in [2.24, 2.45) is 0 Å². The average molecular weight is 486 g/mol. The number of likely N-dealkylation sites (tertiary alicyclic amines) is 1. The van der Waals surface area contributed by atoms with E-state index >= 15 is 0 Å². The van der Waals surface area contributed by atoms with Crippen molar-refractivity contribution in [2.75, 3.05) is 19.6 Å². The van der Waals surface area contributed by atoms with Crippen molar-refractivity contribution in [3.63, 3.8) is 0 Å². The first-order valence-electron chi connectivity index (χ1n) is 12.7. The smallest absolute Gasteiger partial charge is 0.251 e. The number of fused-ring (bicyclic) bond motifs is 1. The lowest BCUT2D eigenvalue weighted by Gasteiger charge is -2.36. The van der Waals surface area contributed by atoms with Crippen LogP contribution in [0.4, 0.5) is 4.39 Å². The monoisotopic (exact) mass is 485 g/mol. The maximum Gasteiger partial charge on any atom is 0.251 e. The van der Waals surface area contributed by atoms with Crippen molar-refractivity contribution in [1.82, 2.24) is 14.8 Å². The molecule has 3 aromatic carbocycles. The third kappa shape index (κ3) is 5.44. The van der Waals surface area contributed by atoms with Gasteiger partial charge in [0.1, 0.15) is 5.82 Å². The van der Waals surface area contributed by atoms with Crippen LogP contribution in [0.25, 0.3) is 10.8 Å². The van der Waals surface area contributed by atoms with Crippen LogP contribution in [0.15, 0.2) is 79.0 Å². The molecule has 1 fully saturated rings. The van der Waals surface area contributed by atoms with Gasteiger partial charge in [0.15, 0.2) is 5.88 Å². The van der Waals surface area contributed by atoms with Gasteiger partial charge in [-0.1, -0.05) is 55.0 Å². The molecule has 1 saturated heterocycles. The summed E-state index contributed by atoms with van der Waals surface area (Å²) in [6.45, 7) is 2.99. The lowest BCUT2D eigenvalue weighted by atomic mass is 9.95. The van der Waals surface area contributed by atoms with Gasteiger partial charge in [-0.2, -0.15) is 0 Å². The maximum atomic E-state index is 13.5. The van der Waals surface area contributed by atoms with E-state index in [0.29, 0.717) is 30.1 Å². The first-order valence-corrected chi connectivity index (χ1v) is 12.7. The van der Waals surface area contributed by atoms with Crippen molar-refractivity contribution in [1.29, 1.82) is 0 Å². The number of carbonyl (C=O) groups excluding carboxylic acids is 1. The minimum atomic E-state index is -0.307. The topological polar surface area (TPSA) is 57.5 Å². The van der Waals surface area contributed by atoms with E-state index < -0.39 is 0 Å². The molecule has 0 bridgehead atoms. The van der Waals surface area contributed by atoms with Crippen LogP contribution in [-0.4, -0.2) is 40.1 Å². The number of halogens is 1. The van der Waals surface area contributed by atoms with Crippen LogP contribution in [0.5, 0.6) is 5.88 Å². The Labute approximate surface area is 211 Å². The van der Waals surface area contributed by atoms with Gasteiger partial charge in [0.25, 0.3) is 5.91 Å². The van der Waals surface area contributed by atoms with Crippen LogP contribution >= 0.6 is 0 Å². The maximum absolute atomic E-state index is 13.5. The third-order valence-electron chi connectivity index (χ3n) is 7.07. The summed E-state index contributed by atoms with van der Waals surface area (Å²) in [6, 6.07) is 22.8. The van der Waals surface area contributed by atoms with E-state index in [0.717, 1.165) is 30.5 Å². The number of benzene rings is 3. The number of nitrogens with one attached hydrogen (secondary N) is 1. The molecular formula is C30H32FN3O2. The van der Waals surface area contributed by atoms with Crippen LogP contribution in [0, 0.1) is 5.82 Å². The molecule has 0 aliphatic carbocycles. The van der Waals surface area contributed by atoms with Crippen LogP contribution in [0.3, 0.4) is 0 Å². The summed E-state index contributed by atoms with van der Waals surface area (Å²) in [5.74, 6) is -0.382. The molecule has 36 heavy (non-hydrogen) atoms. The van der Waals surface area contributed by atoms with Gasteiger partial charge >= 0.3 is 0 Å². The number of hydrogen-bond donors (Lipinski definition) is 2. The lowest BCUT2D eigenvalue weighted by Crippen LogP contribution is -2.36. The second-order valence-electron chi connectivity index (χ2n) is 9.58. The average Bonchev–Trinajstić information content (AvgIpc) is 3.21. The molecule has 1 aliphatic heterocycles. The lowest BCUT2D eigenvalue weighted by molar-refractivity contribution is 0.0947. The summed E-state index contributed by atoms with van der Waals surface area (Å²) in [5, 5.41) is 15.2. The third-order valence-corrected chi connectivity index (χ3v) is 7.07. The van der Waals surface area contributed by atoms with Gasteiger partial charge in [-0.25, -0.2) is 4.39 Å². The molecule has 0 saturated carbocycles. The fraction of sp³-hybridized carbons (Fsp3) is 0.300. The summed E-state index contributed by atoms with van der Waals surface area (Å²) in [5.41, 5.74) is 2.65. The quantitative estimate of drug-likeness (QED) is 0.306. The Bertz CT molecular complexity index is 1330. The Morgan fingerprint density at radius 1 is 1.03 bits per heavy atom. The summed E-state index contributed by atoms with van der Waals surface area (Å²) >= 11 is 0. The van der Waals surface area contributed by atoms with Crippen LogP contribution in [-0.2, 0) is 6.54 Å². The Hall–Kier alpha value is -3.64. The number of hydrogen-bond acceptors (Lipinski definition) is 3. The predicted octanol–water partition coefficient (Wildman–Crippen LogP) is 5.88. The molecule has 5 rings (SSSR count). The molecule has 1 amide bonds. The molecule has 5 nitrogen and oxygen atoms in total. The second kappa shape index (κ2) is 11.0. The molecule has 6 heteroatoms. The fourth-order valence-electron chi connectivity index (χ4n) is 5.24. The minimum absolute atomic E-state index is 0.0703. The minimum Gasteiger partial charge on any atom is -0.494 e. The standard InChI is InChI=1S/C30H32FN3O2/c31-26-11-6-8-22(18-26)20-34-21-25-14-13-24(19-27(25)30(34)36)29(35)32-15-7-17-33-16-5-4-12-28(33)23-9-2-1-3-10-23/h1-3,6,8-11,13-14,18-19,21,28,36H,4-5,7,12,15-17,20H2,(H,32,35). The Morgan fingerprint density at radius 3 is 2.72 bits per heavy atom. The molecule has 2 heterocycles. The molecule has 4 aromatic rings. The fourth-order valence-corrected chi connectivity index (χ4v) is 5.24. The van der Waals surface area contributed by atoms with Crippen molar-refractivity contribution >= 4 is 16.7 Å². The highest BCUT2D eigenvalue weighted by Gasteiger charge is 2.23. The molecular weight excluding hydrogens is 453 g/mol. The van der Waals surface area contributed by atoms with Crippen LogP contribution in [0.2, 0.25) is 0 Å². The zero-order valence-electron chi connectivity index (χ0n) is 20.4. The van der Waals surface area contributed by atoms with Crippen molar-refractivity contribution in [3.8, 4) is 5.88 Å². The summed E-state index contributed by atoms with van der Waals surface area (Å²) in [4.78, 5) is 15.4. The van der Waals surface area contributed by atoms with Gasteiger partial charge in [-0.05, 0) is 61.2 Å². The Morgan fingerprint density at radius 2 is 1.89 bits per heavy atom. The first kappa shape index (κ1) is 24.1. The van der Waals surface area contributed by atoms with E-state index in [1.165, 1.54) is 37.0 Å². The molecule has 1 aliphatic rings. The summed E-state index contributed by atoms with van der Waals surface area (Å²) in [6.07, 6.45) is 6.36. The van der Waals surface area contributed by atoms with E-state index in [4.69, 9.17) is 0 Å². The number of piperidine rings is 1. The summed E-state index contributed by atoms with van der Waals surface area (Å²) < 4.78 is 15.2. The largest absolute Gasteiger partial charge is 0.494 e. The Balaban J connectivity index is 1.18. The van der Waals surface area contributed by atoms with Gasteiger partial charge in [-0.3, -0.25) is 9.69 Å². The van der Waals surface area contributed by atoms with Crippen molar-refractivity contribution in [3.05, 3.63) is 102 Å². The van der Waals surface area contributed by atoms with E-state index in [9.17, 15) is 14.3 Å². The molecule has 1 unspecified atom stereocenters. The van der Waals surface area contributed by atoms with Crippen molar-refractivity contribution < 1.29 is 14.3 Å². The van der Waals surface area contributed by atoms with E-state index in [2.05, 4.69) is 40.5 Å². The molecule has 0 spiro atoms.